The molecule has 0 radical (unpaired) electrons. The van der Waals surface area contributed by atoms with Crippen LogP contribution in [0.1, 0.15) is 6.42 Å². The van der Waals surface area contributed by atoms with Crippen LogP contribution in [0.25, 0.3) is 0 Å². The molecule has 1 rings (SSSR count). The number of rotatable bonds is 0. The summed E-state index contributed by atoms with van der Waals surface area (Å²) in [5, 5.41) is 2.66. The fourth-order valence-corrected chi connectivity index (χ4v) is 0.934. The van der Waals surface area contributed by atoms with Crippen LogP contribution < -0.4 is 5.32 Å². The van der Waals surface area contributed by atoms with Gasteiger partial charge >= 0.3 is 6.18 Å². The van der Waals surface area contributed by atoms with Gasteiger partial charge in [0.05, 0.1) is 5.92 Å². The number of nitrogens with one attached hydrogen (secondary N) is 1. The lowest BCUT2D eigenvalue weighted by molar-refractivity contribution is -0.168. The van der Waals surface area contributed by atoms with Gasteiger partial charge in [-0.05, 0) is 13.0 Å². The highest BCUT2D eigenvalue weighted by Crippen LogP contribution is 2.29. The Labute approximate surface area is 63.4 Å². The van der Waals surface area contributed by atoms with E-state index >= 15 is 0 Å². The maximum Gasteiger partial charge on any atom is 0.393 e. The fraction of sp³-hybridized carbons (Fsp3) is 1.00. The molecule has 1 aliphatic rings. The van der Waals surface area contributed by atoms with Crippen LogP contribution in [0.4, 0.5) is 13.2 Å². The lowest BCUT2D eigenvalue weighted by atomic mass is 10.1. The fourth-order valence-electron chi connectivity index (χ4n) is 0.934. The van der Waals surface area contributed by atoms with Crippen molar-refractivity contribution in [3.05, 3.63) is 0 Å². The average Bonchev–Trinajstić information content (AvgIpc) is 2.08. The Balaban J connectivity index is 0.000000810. The molecule has 0 aliphatic carbocycles. The van der Waals surface area contributed by atoms with Gasteiger partial charge in [-0.3, -0.25) is 0 Å². The molecule has 5 heteroatoms. The van der Waals surface area contributed by atoms with Crippen molar-refractivity contribution in [2.45, 2.75) is 12.6 Å². The Hall–Kier alpha value is 0.0400. The van der Waals surface area contributed by atoms with E-state index in [2.05, 4.69) is 5.32 Å². The summed E-state index contributed by atoms with van der Waals surface area (Å²) in [6.07, 6.45) is -3.74. The van der Waals surface area contributed by atoms with Gasteiger partial charge in [0, 0.05) is 6.54 Å². The highest BCUT2D eigenvalue weighted by molar-refractivity contribution is 5.85. The molecule has 0 bridgehead atoms. The summed E-state index contributed by atoms with van der Waals surface area (Å²) >= 11 is 0. The highest BCUT2D eigenvalue weighted by Gasteiger charge is 2.40. The van der Waals surface area contributed by atoms with Crippen LogP contribution in [0, 0.1) is 5.92 Å². The van der Waals surface area contributed by atoms with Gasteiger partial charge in [-0.1, -0.05) is 0 Å². The Morgan fingerprint density at radius 2 is 1.90 bits per heavy atom. The van der Waals surface area contributed by atoms with Crippen molar-refractivity contribution in [1.82, 2.24) is 5.32 Å². The monoisotopic (exact) mass is 175 g/mol. The molecule has 62 valence electrons. The molecule has 0 saturated carbocycles. The van der Waals surface area contributed by atoms with Gasteiger partial charge in [0.2, 0.25) is 0 Å². The Kier molecular flexibility index (Phi) is 3.45. The molecule has 1 aliphatic heterocycles. The quantitative estimate of drug-likeness (QED) is 0.590. The van der Waals surface area contributed by atoms with Gasteiger partial charge in [0.15, 0.2) is 0 Å². The van der Waals surface area contributed by atoms with Crippen LogP contribution in [0.5, 0.6) is 0 Å². The standard InChI is InChI=1S/C5H8F3N.ClH/c6-5(7,8)4-1-2-9-3-4;/h4,9H,1-3H2;1H/t4-;/m0./s1. The largest absolute Gasteiger partial charge is 0.393 e. The van der Waals surface area contributed by atoms with Gasteiger partial charge in [0.1, 0.15) is 0 Å². The van der Waals surface area contributed by atoms with E-state index in [1.54, 1.807) is 0 Å². The molecule has 1 N–H and O–H groups in total. The van der Waals surface area contributed by atoms with Gasteiger partial charge in [-0.25, -0.2) is 0 Å². The zero-order valence-electron chi connectivity index (χ0n) is 5.24. The minimum atomic E-state index is -3.98. The summed E-state index contributed by atoms with van der Waals surface area (Å²) in [6.45, 7) is 0.605. The zero-order chi connectivity index (χ0) is 6.91. The molecule has 1 fully saturated rings. The van der Waals surface area contributed by atoms with E-state index in [4.69, 9.17) is 0 Å². The summed E-state index contributed by atoms with van der Waals surface area (Å²) in [5.41, 5.74) is 0. The number of hydrogen-bond donors (Lipinski definition) is 1. The van der Waals surface area contributed by atoms with E-state index in [-0.39, 0.29) is 25.4 Å². The lowest BCUT2D eigenvalue weighted by Crippen LogP contribution is -2.24. The molecule has 1 atom stereocenters. The third-order valence-corrected chi connectivity index (χ3v) is 1.52. The first-order valence-corrected chi connectivity index (χ1v) is 2.88. The number of alkyl halides is 3. The Morgan fingerprint density at radius 1 is 1.30 bits per heavy atom. The maximum absolute atomic E-state index is 11.7. The third kappa shape index (κ3) is 2.34. The molecule has 0 aromatic carbocycles. The molecule has 0 aromatic rings. The van der Waals surface area contributed by atoms with Crippen LogP contribution in [0.2, 0.25) is 0 Å². The average molecular weight is 176 g/mol. The second kappa shape index (κ2) is 3.44. The third-order valence-electron chi connectivity index (χ3n) is 1.52. The molecule has 1 nitrogen and oxygen atoms in total. The minimum Gasteiger partial charge on any atom is -0.316 e. The van der Waals surface area contributed by atoms with Crippen molar-refractivity contribution < 1.29 is 13.2 Å². The molecule has 10 heavy (non-hydrogen) atoms. The first-order valence-electron chi connectivity index (χ1n) is 2.88. The van der Waals surface area contributed by atoms with Crippen molar-refractivity contribution in [3.8, 4) is 0 Å². The summed E-state index contributed by atoms with van der Waals surface area (Å²) in [6, 6.07) is 0. The zero-order valence-corrected chi connectivity index (χ0v) is 6.06. The maximum atomic E-state index is 11.7. The van der Waals surface area contributed by atoms with E-state index in [0.717, 1.165) is 0 Å². The topological polar surface area (TPSA) is 12.0 Å². The van der Waals surface area contributed by atoms with Crippen LogP contribution in [0.15, 0.2) is 0 Å². The van der Waals surface area contributed by atoms with Gasteiger partial charge in [0.25, 0.3) is 0 Å². The van der Waals surface area contributed by atoms with Crippen molar-refractivity contribution in [2.75, 3.05) is 13.1 Å². The van der Waals surface area contributed by atoms with Crippen molar-refractivity contribution >= 4 is 12.4 Å². The highest BCUT2D eigenvalue weighted by atomic mass is 35.5. The summed E-state index contributed by atoms with van der Waals surface area (Å²) in [4.78, 5) is 0. The lowest BCUT2D eigenvalue weighted by Gasteiger charge is -2.11. The second-order valence-corrected chi connectivity index (χ2v) is 2.23. The molecule has 0 spiro atoms. The van der Waals surface area contributed by atoms with Crippen molar-refractivity contribution in [1.29, 1.82) is 0 Å². The van der Waals surface area contributed by atoms with Crippen LogP contribution in [-0.4, -0.2) is 19.3 Å². The van der Waals surface area contributed by atoms with E-state index < -0.39 is 12.1 Å². The summed E-state index contributed by atoms with van der Waals surface area (Å²) in [5.74, 6) is -1.10. The smallest absolute Gasteiger partial charge is 0.316 e. The first kappa shape index (κ1) is 10.0. The van der Waals surface area contributed by atoms with Gasteiger partial charge < -0.3 is 5.32 Å². The van der Waals surface area contributed by atoms with Crippen LogP contribution in [-0.2, 0) is 0 Å². The van der Waals surface area contributed by atoms with Crippen LogP contribution >= 0.6 is 12.4 Å². The minimum absolute atomic E-state index is 0. The predicted octanol–water partition coefficient (Wildman–Crippen LogP) is 1.58. The molecule has 1 heterocycles. The van der Waals surface area contributed by atoms with Crippen molar-refractivity contribution in [3.63, 3.8) is 0 Å². The first-order chi connectivity index (χ1) is 4.11. The molecule has 0 unspecified atom stereocenters. The molecule has 0 aromatic heterocycles. The molecular weight excluding hydrogens is 167 g/mol. The van der Waals surface area contributed by atoms with E-state index in [1.165, 1.54) is 0 Å². The van der Waals surface area contributed by atoms with Crippen molar-refractivity contribution in [2.24, 2.45) is 5.92 Å². The number of hydrogen-bond acceptors (Lipinski definition) is 1. The van der Waals surface area contributed by atoms with E-state index in [9.17, 15) is 13.2 Å². The summed E-state index contributed by atoms with van der Waals surface area (Å²) in [7, 11) is 0. The molecular formula is C5H9ClF3N. The SMILES string of the molecule is Cl.FC(F)(F)[C@H]1CCNC1. The predicted molar refractivity (Wildman–Crippen MR) is 34.3 cm³/mol. The van der Waals surface area contributed by atoms with E-state index in [0.29, 0.717) is 6.54 Å². The van der Waals surface area contributed by atoms with E-state index in [1.807, 2.05) is 0 Å². The van der Waals surface area contributed by atoms with Crippen LogP contribution in [0.3, 0.4) is 0 Å². The normalized spacial score (nSPS) is 26.1. The molecule has 1 saturated heterocycles. The second-order valence-electron chi connectivity index (χ2n) is 2.23. The Morgan fingerprint density at radius 3 is 2.10 bits per heavy atom. The number of halogens is 4. The van der Waals surface area contributed by atoms with Gasteiger partial charge in [-0.2, -0.15) is 13.2 Å². The molecule has 0 amide bonds. The summed E-state index contributed by atoms with van der Waals surface area (Å²) < 4.78 is 35.2. The Bertz CT molecular complexity index is 97.6. The van der Waals surface area contributed by atoms with Gasteiger partial charge in [-0.15, -0.1) is 12.4 Å².